The highest BCUT2D eigenvalue weighted by atomic mass is 16.4. The summed E-state index contributed by atoms with van der Waals surface area (Å²) in [6.45, 7) is 0. The molecule has 58 heavy (non-hydrogen) atoms. The van der Waals surface area contributed by atoms with Crippen molar-refractivity contribution in [3.05, 3.63) is 86.4 Å². The fourth-order valence-corrected chi connectivity index (χ4v) is 9.73. The minimum absolute atomic E-state index is 0.0202. The van der Waals surface area contributed by atoms with E-state index in [9.17, 15) is 79.8 Å². The zero-order valence-corrected chi connectivity index (χ0v) is 29.6. The van der Waals surface area contributed by atoms with E-state index in [1.807, 2.05) is 0 Å². The molecule has 6 aliphatic carbocycles. The molecule has 2 fully saturated rings. The molecule has 302 valence electrons. The van der Waals surface area contributed by atoms with Gasteiger partial charge in [0.15, 0.2) is 22.8 Å². The summed E-state index contributed by atoms with van der Waals surface area (Å²) in [4.78, 5) is 80.3. The number of hydrogen-bond donors (Lipinski definition) is 14. The van der Waals surface area contributed by atoms with Crippen LogP contribution in [-0.2, 0) is 41.6 Å². The number of hydrogen-bond acceptors (Lipinski definition) is 18. The number of carbonyl (C=O) groups excluding carboxylic acids is 6. The molecule has 20 nitrogen and oxygen atoms in total. The lowest BCUT2D eigenvalue weighted by Gasteiger charge is -2.50. The molecule has 17 N–H and O–H groups in total. The van der Waals surface area contributed by atoms with Crippen molar-refractivity contribution < 1.29 is 79.8 Å². The van der Waals surface area contributed by atoms with Crippen molar-refractivity contribution in [1.82, 2.24) is 0 Å². The van der Waals surface area contributed by atoms with Crippen molar-refractivity contribution in [1.29, 1.82) is 0 Å². The second-order valence-corrected chi connectivity index (χ2v) is 15.2. The lowest BCUT2D eigenvalue weighted by atomic mass is 9.56. The normalized spacial score (nSPS) is 34.2. The summed E-state index contributed by atoms with van der Waals surface area (Å²) < 4.78 is 0. The van der Waals surface area contributed by atoms with Crippen LogP contribution < -0.4 is 22.5 Å². The molecule has 2 aromatic carbocycles. The molecule has 0 radical (unpaired) electrons. The zero-order valence-electron chi connectivity index (χ0n) is 29.6. The van der Waals surface area contributed by atoms with Crippen LogP contribution in [0.5, 0.6) is 11.5 Å². The van der Waals surface area contributed by atoms with Crippen LogP contribution in [-0.4, -0.2) is 122 Å². The largest absolute Gasteiger partial charge is 0.508 e. The van der Waals surface area contributed by atoms with Crippen LogP contribution in [0, 0.1) is 23.7 Å². The Kier molecular flexibility index (Phi) is 8.15. The number of aliphatic hydroxyl groups excluding tert-OH is 6. The van der Waals surface area contributed by atoms with E-state index >= 15 is 0 Å². The summed E-state index contributed by atoms with van der Waals surface area (Å²) in [5.41, 5.74) is 5.86. The smallest absolute Gasteiger partial charge is 0.263 e. The fourth-order valence-electron chi connectivity index (χ4n) is 9.73. The quantitative estimate of drug-likeness (QED) is 0.110. The molecule has 0 saturated heterocycles. The molecule has 0 aliphatic heterocycles. The maximum atomic E-state index is 14.1. The number of Topliss-reactive ketones (excluding diaryl/α,β-unsaturated/α-hetero) is 4. The number of aliphatic hydroxyl groups is 8. The van der Waals surface area contributed by atoms with E-state index in [0.29, 0.717) is 5.56 Å². The minimum Gasteiger partial charge on any atom is -0.508 e. The number of rotatable bonds is 3. The van der Waals surface area contributed by atoms with Gasteiger partial charge in [0, 0.05) is 23.0 Å². The van der Waals surface area contributed by atoms with Gasteiger partial charge in [-0.25, -0.2) is 0 Å². The van der Waals surface area contributed by atoms with Gasteiger partial charge in [0.25, 0.3) is 11.8 Å². The second kappa shape index (κ2) is 12.3. The van der Waals surface area contributed by atoms with Gasteiger partial charge in [-0.3, -0.25) is 28.8 Å². The summed E-state index contributed by atoms with van der Waals surface area (Å²) >= 11 is 0. The maximum Gasteiger partial charge on any atom is 0.263 e. The Morgan fingerprint density at radius 3 is 1.66 bits per heavy atom. The Morgan fingerprint density at radius 1 is 0.672 bits per heavy atom. The average Bonchev–Trinajstić information content (AvgIpc) is 3.15. The topological polar surface area (TPSA) is 395 Å². The Labute approximate surface area is 324 Å². The van der Waals surface area contributed by atoms with Crippen LogP contribution in [0.2, 0.25) is 0 Å². The lowest BCUT2D eigenvalue weighted by molar-refractivity contribution is -0.162. The van der Waals surface area contributed by atoms with Crippen molar-refractivity contribution in [2.24, 2.45) is 40.9 Å². The Morgan fingerprint density at radius 2 is 1.14 bits per heavy atom. The van der Waals surface area contributed by atoms with Crippen molar-refractivity contribution in [2.45, 2.75) is 48.3 Å². The number of nitrogens with one attached hydrogen (secondary N) is 1. The third-order valence-corrected chi connectivity index (χ3v) is 12.5. The van der Waals surface area contributed by atoms with Crippen LogP contribution in [0.15, 0.2) is 64.1 Å². The first-order valence-corrected chi connectivity index (χ1v) is 17.6. The first-order chi connectivity index (χ1) is 27.1. The van der Waals surface area contributed by atoms with E-state index in [2.05, 4.69) is 5.32 Å². The van der Waals surface area contributed by atoms with Crippen LogP contribution in [0.1, 0.15) is 22.3 Å². The minimum atomic E-state index is -3.28. The number of anilines is 1. The number of nitrogens with two attached hydrogens (primary N) is 3. The molecular formula is C38H34N4O16. The number of ketones is 4. The number of carbonyl (C=O) groups is 6. The third kappa shape index (κ3) is 4.54. The van der Waals surface area contributed by atoms with Crippen molar-refractivity contribution >= 4 is 52.2 Å². The molecule has 0 bridgehead atoms. The van der Waals surface area contributed by atoms with Crippen molar-refractivity contribution in [2.75, 3.05) is 5.32 Å². The van der Waals surface area contributed by atoms with E-state index < -0.39 is 162 Å². The Balaban J connectivity index is 1.19. The molecule has 0 unspecified atom stereocenters. The number of primary amides is 1. The van der Waals surface area contributed by atoms with Gasteiger partial charge >= 0.3 is 0 Å². The maximum absolute atomic E-state index is 14.1. The van der Waals surface area contributed by atoms with Crippen LogP contribution in [0.3, 0.4) is 0 Å². The van der Waals surface area contributed by atoms with E-state index in [4.69, 9.17) is 17.2 Å². The predicted octanol–water partition coefficient (Wildman–Crippen LogP) is -2.87. The van der Waals surface area contributed by atoms with Crippen molar-refractivity contribution in [3.8, 4) is 11.5 Å². The van der Waals surface area contributed by atoms with Gasteiger partial charge in [-0.2, -0.15) is 0 Å². The van der Waals surface area contributed by atoms with Crippen LogP contribution in [0.25, 0.3) is 11.5 Å². The van der Waals surface area contributed by atoms with Crippen LogP contribution >= 0.6 is 0 Å². The summed E-state index contributed by atoms with van der Waals surface area (Å²) in [6, 6.07) is 2.47. The third-order valence-electron chi connectivity index (χ3n) is 12.5. The highest BCUT2D eigenvalue weighted by Crippen LogP contribution is 2.54. The Bertz CT molecular complexity index is 2520. The van der Waals surface area contributed by atoms with Gasteiger partial charge in [0.05, 0.1) is 52.9 Å². The number of aromatic hydroxyl groups is 2. The summed E-state index contributed by atoms with van der Waals surface area (Å²) in [6.07, 6.45) is -4.34. The molecule has 0 aromatic heterocycles. The highest BCUT2D eigenvalue weighted by molar-refractivity contribution is 6.28. The monoisotopic (exact) mass is 802 g/mol. The van der Waals surface area contributed by atoms with Gasteiger partial charge in [-0.15, -0.1) is 0 Å². The molecule has 10 atom stereocenters. The fraction of sp³-hybridized carbons (Fsp3) is 0.316. The van der Waals surface area contributed by atoms with Crippen molar-refractivity contribution in [3.63, 3.8) is 0 Å². The zero-order chi connectivity index (χ0) is 42.4. The first kappa shape index (κ1) is 38.5. The molecule has 8 rings (SSSR count). The van der Waals surface area contributed by atoms with Gasteiger partial charge in [-0.1, -0.05) is 18.2 Å². The number of phenolic OH excluding ortho intramolecular Hbond substituents is 2. The number of amides is 2. The summed E-state index contributed by atoms with van der Waals surface area (Å²) in [7, 11) is 0. The van der Waals surface area contributed by atoms with Gasteiger partial charge in [-0.05, 0) is 36.1 Å². The van der Waals surface area contributed by atoms with Crippen LogP contribution in [0.4, 0.5) is 5.69 Å². The van der Waals surface area contributed by atoms with Gasteiger partial charge in [0.1, 0.15) is 45.7 Å². The molecule has 20 heteroatoms. The summed E-state index contributed by atoms with van der Waals surface area (Å²) in [5.74, 6) is -21.7. The number of benzene rings is 2. The second-order valence-electron chi connectivity index (χ2n) is 15.2. The standard InChI is InChI=1S/C38H34N4O16/c39-22-20-25(45)11-7-9-4-5-12(26(46)15(9)28(48)17(11)32(52)37(20,57)33(53)18(29(22)49)35(41)55)42-36(56)19-30(50)23(40)21-24(44)10-6-8-2-1-3-13(43)14(8)27(47)16(10)31(51)38(21,58)34(19)54/h1-5,10-11,20-25,43-48,53-54,57-58H,6-7,39-40H2,(H2,41,55)(H,42,56)/t10-,11-,20-,21-,22+,23+,24+,25+,37+,38+/m1/s1. The predicted molar refractivity (Wildman–Crippen MR) is 192 cm³/mol. The SMILES string of the molecule is NC(=O)C1=C(O)[C@@]2(O)C(=O)C3=C(O)c4c(ccc(NC(=O)C5=C(O)[C@@]6(O)C(=O)C7=C(O)c8c(O)cccc8C[C@H]7[C@H](O)[C@H]6[C@H](N)C5=O)c4O)C[C@H]3[C@H](O)[C@H]2[C@H](N)C1=O. The Hall–Kier alpha value is -6.42. The molecule has 2 amide bonds. The average molecular weight is 803 g/mol. The summed E-state index contributed by atoms with van der Waals surface area (Å²) in [5, 5.41) is 115. The molecule has 2 aromatic rings. The first-order valence-electron chi connectivity index (χ1n) is 17.6. The lowest BCUT2D eigenvalue weighted by Crippen LogP contribution is -2.69. The highest BCUT2D eigenvalue weighted by Gasteiger charge is 2.68. The molecular weight excluding hydrogens is 768 g/mol. The molecule has 0 spiro atoms. The molecule has 2 saturated carbocycles. The van der Waals surface area contributed by atoms with E-state index in [1.165, 1.54) is 24.3 Å². The van der Waals surface area contributed by atoms with Gasteiger partial charge < -0.3 is 73.6 Å². The van der Waals surface area contributed by atoms with E-state index in [-0.39, 0.29) is 24.0 Å². The number of fused-ring (bicyclic) bond motifs is 6. The van der Waals surface area contributed by atoms with E-state index in [1.54, 1.807) is 0 Å². The number of phenols is 2. The molecule has 0 heterocycles. The van der Waals surface area contributed by atoms with E-state index in [0.717, 1.165) is 6.07 Å². The van der Waals surface area contributed by atoms with Gasteiger partial charge in [0.2, 0.25) is 11.6 Å². The molecule has 6 aliphatic rings.